The second kappa shape index (κ2) is 9.57. The predicted octanol–water partition coefficient (Wildman–Crippen LogP) is 0.603. The van der Waals surface area contributed by atoms with Crippen LogP contribution in [0.5, 0.6) is 0 Å². The van der Waals surface area contributed by atoms with E-state index >= 15 is 0 Å². The number of nitrogens with one attached hydrogen (secondary N) is 1. The van der Waals surface area contributed by atoms with E-state index in [4.69, 9.17) is 9.84 Å². The van der Waals surface area contributed by atoms with Gasteiger partial charge in [0.2, 0.25) is 0 Å². The molecule has 2 N–H and O–H groups in total. The molecule has 1 heterocycles. The van der Waals surface area contributed by atoms with Gasteiger partial charge in [0, 0.05) is 26.2 Å². The van der Waals surface area contributed by atoms with Gasteiger partial charge in [-0.25, -0.2) is 4.79 Å². The van der Waals surface area contributed by atoms with E-state index in [1.807, 2.05) is 0 Å². The van der Waals surface area contributed by atoms with Crippen molar-refractivity contribution in [3.05, 3.63) is 0 Å². The average molecular weight is 301 g/mol. The third kappa shape index (κ3) is 6.77. The molecular formula is C14H27N3O4. The maximum Gasteiger partial charge on any atom is 0.317 e. The van der Waals surface area contributed by atoms with E-state index in [2.05, 4.69) is 24.1 Å². The third-order valence-corrected chi connectivity index (χ3v) is 3.52. The van der Waals surface area contributed by atoms with Crippen LogP contribution in [-0.2, 0) is 9.53 Å². The molecule has 0 aromatic rings. The first-order chi connectivity index (χ1) is 10.1. The highest BCUT2D eigenvalue weighted by atomic mass is 16.5. The van der Waals surface area contributed by atoms with Gasteiger partial charge in [0.05, 0.1) is 19.1 Å². The highest BCUT2D eigenvalue weighted by molar-refractivity contribution is 5.74. The van der Waals surface area contributed by atoms with E-state index in [0.717, 1.165) is 26.1 Å². The Morgan fingerprint density at radius 2 is 2.14 bits per heavy atom. The normalized spacial score (nSPS) is 18.8. The molecule has 7 nitrogen and oxygen atoms in total. The molecule has 21 heavy (non-hydrogen) atoms. The van der Waals surface area contributed by atoms with Gasteiger partial charge >= 0.3 is 12.0 Å². The van der Waals surface area contributed by atoms with Crippen LogP contribution in [0.4, 0.5) is 4.79 Å². The number of likely N-dealkylation sites (N-methyl/N-ethyl adjacent to an activating group) is 1. The van der Waals surface area contributed by atoms with Crippen LogP contribution in [-0.4, -0.2) is 78.9 Å². The second-order valence-corrected chi connectivity index (χ2v) is 5.20. The number of hydrogen-bond acceptors (Lipinski definition) is 4. The van der Waals surface area contributed by atoms with Crippen LogP contribution in [0.25, 0.3) is 0 Å². The van der Waals surface area contributed by atoms with Crippen molar-refractivity contribution in [3.8, 4) is 0 Å². The molecule has 2 amide bonds. The lowest BCUT2D eigenvalue weighted by Gasteiger charge is -2.32. The topological polar surface area (TPSA) is 82.1 Å². The first-order valence-electron chi connectivity index (χ1n) is 7.65. The molecule has 0 radical (unpaired) electrons. The van der Waals surface area contributed by atoms with E-state index in [1.54, 1.807) is 4.90 Å². The van der Waals surface area contributed by atoms with Crippen LogP contribution in [0.15, 0.2) is 0 Å². The molecule has 1 atom stereocenters. The number of ether oxygens (including phenoxy) is 1. The number of rotatable bonds is 8. The number of carboxylic acids is 1. The summed E-state index contributed by atoms with van der Waals surface area (Å²) < 4.78 is 5.35. The van der Waals surface area contributed by atoms with Gasteiger partial charge in [-0.3, -0.25) is 4.79 Å². The summed E-state index contributed by atoms with van der Waals surface area (Å²) in [4.78, 5) is 26.6. The Hall–Kier alpha value is -1.34. The predicted molar refractivity (Wildman–Crippen MR) is 79.4 cm³/mol. The summed E-state index contributed by atoms with van der Waals surface area (Å²) in [5.74, 6) is -0.902. The Balaban J connectivity index is 2.29. The Bertz CT molecular complexity index is 338. The number of aliphatic carboxylic acids is 1. The molecule has 0 bridgehead atoms. The van der Waals surface area contributed by atoms with Crippen molar-refractivity contribution in [2.75, 3.05) is 45.9 Å². The SMILES string of the molecule is CCCN(CC)CCNC(=O)N1CCOC(CC(=O)O)C1. The number of carboxylic acid groups (broad SMARTS) is 1. The molecule has 0 spiro atoms. The Morgan fingerprint density at radius 1 is 1.38 bits per heavy atom. The minimum atomic E-state index is -0.902. The summed E-state index contributed by atoms with van der Waals surface area (Å²) >= 11 is 0. The smallest absolute Gasteiger partial charge is 0.317 e. The van der Waals surface area contributed by atoms with Crippen molar-refractivity contribution in [2.45, 2.75) is 32.8 Å². The molecule has 0 aromatic carbocycles. The third-order valence-electron chi connectivity index (χ3n) is 3.52. The van der Waals surface area contributed by atoms with Crippen molar-refractivity contribution >= 4 is 12.0 Å². The van der Waals surface area contributed by atoms with Gasteiger partial charge in [-0.15, -0.1) is 0 Å². The van der Waals surface area contributed by atoms with Crippen molar-refractivity contribution in [1.82, 2.24) is 15.1 Å². The molecular weight excluding hydrogens is 274 g/mol. The standard InChI is InChI=1S/C14H27N3O4/c1-3-6-16(4-2)7-5-15-14(20)17-8-9-21-12(11-17)10-13(18)19/h12H,3-11H2,1-2H3,(H,15,20)(H,18,19). The van der Waals surface area contributed by atoms with Crippen molar-refractivity contribution < 1.29 is 19.4 Å². The summed E-state index contributed by atoms with van der Waals surface area (Å²) in [6, 6.07) is -0.138. The molecule has 0 aromatic heterocycles. The number of carbonyl (C=O) groups is 2. The number of amides is 2. The number of nitrogens with zero attached hydrogens (tertiary/aromatic N) is 2. The summed E-state index contributed by atoms with van der Waals surface area (Å²) in [6.07, 6.45) is 0.626. The van der Waals surface area contributed by atoms with E-state index in [1.165, 1.54) is 0 Å². The zero-order valence-electron chi connectivity index (χ0n) is 13.0. The van der Waals surface area contributed by atoms with Crippen LogP contribution >= 0.6 is 0 Å². The Kier molecular flexibility index (Phi) is 8.07. The summed E-state index contributed by atoms with van der Waals surface area (Å²) in [7, 11) is 0. The zero-order valence-corrected chi connectivity index (χ0v) is 13.0. The molecule has 0 aliphatic carbocycles. The van der Waals surface area contributed by atoms with Gasteiger partial charge in [0.1, 0.15) is 0 Å². The first kappa shape index (κ1) is 17.7. The fraction of sp³-hybridized carbons (Fsp3) is 0.857. The fourth-order valence-electron chi connectivity index (χ4n) is 2.40. The van der Waals surface area contributed by atoms with Crippen molar-refractivity contribution in [3.63, 3.8) is 0 Å². The van der Waals surface area contributed by atoms with Gasteiger partial charge < -0.3 is 25.0 Å². The second-order valence-electron chi connectivity index (χ2n) is 5.20. The lowest BCUT2D eigenvalue weighted by molar-refractivity contribution is -0.141. The minimum absolute atomic E-state index is 0.0656. The molecule has 1 aliphatic heterocycles. The molecule has 1 unspecified atom stereocenters. The average Bonchev–Trinajstić information content (AvgIpc) is 2.45. The number of morpholine rings is 1. The van der Waals surface area contributed by atoms with E-state index < -0.39 is 12.1 Å². The highest BCUT2D eigenvalue weighted by Gasteiger charge is 2.25. The molecule has 7 heteroatoms. The van der Waals surface area contributed by atoms with Gasteiger partial charge in [-0.1, -0.05) is 13.8 Å². The number of carbonyl (C=O) groups excluding carboxylic acids is 1. The van der Waals surface area contributed by atoms with Crippen LogP contribution in [0.2, 0.25) is 0 Å². The molecule has 1 rings (SSSR count). The van der Waals surface area contributed by atoms with E-state index in [0.29, 0.717) is 26.2 Å². The quantitative estimate of drug-likeness (QED) is 0.686. The maximum absolute atomic E-state index is 12.1. The first-order valence-corrected chi connectivity index (χ1v) is 7.65. The Morgan fingerprint density at radius 3 is 2.76 bits per heavy atom. The summed E-state index contributed by atoms with van der Waals surface area (Å²) in [5.41, 5.74) is 0. The molecule has 0 saturated carbocycles. The largest absolute Gasteiger partial charge is 0.481 e. The van der Waals surface area contributed by atoms with E-state index in [-0.39, 0.29) is 12.5 Å². The number of urea groups is 1. The number of hydrogen-bond donors (Lipinski definition) is 2. The van der Waals surface area contributed by atoms with Gasteiger partial charge in [-0.05, 0) is 19.5 Å². The monoisotopic (exact) mass is 301 g/mol. The summed E-state index contributed by atoms with van der Waals surface area (Å²) in [5, 5.41) is 11.7. The van der Waals surface area contributed by atoms with E-state index in [9.17, 15) is 9.59 Å². The molecule has 1 saturated heterocycles. The lowest BCUT2D eigenvalue weighted by atomic mass is 10.2. The summed E-state index contributed by atoms with van der Waals surface area (Å²) in [6.45, 7) is 8.92. The lowest BCUT2D eigenvalue weighted by Crippen LogP contribution is -2.51. The molecule has 1 aliphatic rings. The van der Waals surface area contributed by atoms with Crippen LogP contribution in [0.3, 0.4) is 0 Å². The molecule has 122 valence electrons. The van der Waals surface area contributed by atoms with Crippen LogP contribution < -0.4 is 5.32 Å². The molecule has 1 fully saturated rings. The fourth-order valence-corrected chi connectivity index (χ4v) is 2.40. The van der Waals surface area contributed by atoms with Crippen LogP contribution in [0, 0.1) is 0 Å². The van der Waals surface area contributed by atoms with Gasteiger partial charge in [0.15, 0.2) is 0 Å². The highest BCUT2D eigenvalue weighted by Crippen LogP contribution is 2.08. The van der Waals surface area contributed by atoms with Crippen molar-refractivity contribution in [1.29, 1.82) is 0 Å². The Labute approximate surface area is 126 Å². The van der Waals surface area contributed by atoms with Gasteiger partial charge in [0.25, 0.3) is 0 Å². The van der Waals surface area contributed by atoms with Gasteiger partial charge in [-0.2, -0.15) is 0 Å². The van der Waals surface area contributed by atoms with Crippen molar-refractivity contribution in [2.24, 2.45) is 0 Å². The minimum Gasteiger partial charge on any atom is -0.481 e. The van der Waals surface area contributed by atoms with Crippen LogP contribution in [0.1, 0.15) is 26.7 Å². The zero-order chi connectivity index (χ0) is 15.7. The maximum atomic E-state index is 12.1.